The highest BCUT2D eigenvalue weighted by molar-refractivity contribution is 5.80. The number of nitrogens with two attached hydrogens (primary N) is 1. The maximum atomic E-state index is 11.2. The van der Waals surface area contributed by atoms with Crippen LogP contribution in [0.5, 0.6) is 5.75 Å². The van der Waals surface area contributed by atoms with E-state index in [1.165, 1.54) is 0 Å². The van der Waals surface area contributed by atoms with Crippen molar-refractivity contribution in [3.05, 3.63) is 29.8 Å². The Bertz CT molecular complexity index is 630. The average molecular weight is 375 g/mol. The van der Waals surface area contributed by atoms with Crippen LogP contribution < -0.4 is 15.8 Å². The number of likely N-dealkylation sites (tertiary alicyclic amines) is 1. The molecule has 0 radical (unpaired) electrons. The zero-order chi connectivity index (χ0) is 19.6. The molecule has 6 heteroatoms. The van der Waals surface area contributed by atoms with E-state index in [0.717, 1.165) is 56.2 Å². The number of para-hydroxylation sites is 1. The third-order valence-corrected chi connectivity index (χ3v) is 4.88. The molecule has 1 aromatic carbocycles. The third-order valence-electron chi connectivity index (χ3n) is 4.88. The van der Waals surface area contributed by atoms with Crippen molar-refractivity contribution < 1.29 is 9.53 Å². The van der Waals surface area contributed by atoms with Crippen LogP contribution in [0.25, 0.3) is 0 Å². The van der Waals surface area contributed by atoms with E-state index in [4.69, 9.17) is 10.5 Å². The van der Waals surface area contributed by atoms with E-state index in [0.29, 0.717) is 24.8 Å². The predicted molar refractivity (Wildman–Crippen MR) is 110 cm³/mol. The van der Waals surface area contributed by atoms with Gasteiger partial charge in [0.05, 0.1) is 6.61 Å². The molecule has 27 heavy (non-hydrogen) atoms. The molecule has 1 atom stereocenters. The first-order valence-electron chi connectivity index (χ1n) is 9.94. The number of ether oxygens (including phenoxy) is 1. The lowest BCUT2D eigenvalue weighted by Gasteiger charge is -2.34. The van der Waals surface area contributed by atoms with E-state index < -0.39 is 0 Å². The van der Waals surface area contributed by atoms with Crippen LogP contribution in [-0.2, 0) is 11.3 Å². The summed E-state index contributed by atoms with van der Waals surface area (Å²) < 4.78 is 5.98. The summed E-state index contributed by atoms with van der Waals surface area (Å²) in [6.07, 6.45) is 3.58. The number of nitrogens with one attached hydrogen (secondary N) is 1. The molecule has 1 aliphatic rings. The van der Waals surface area contributed by atoms with E-state index >= 15 is 0 Å². The molecule has 150 valence electrons. The summed E-state index contributed by atoms with van der Waals surface area (Å²) in [6.45, 7) is 7.54. The van der Waals surface area contributed by atoms with Crippen molar-refractivity contribution >= 4 is 11.9 Å². The van der Waals surface area contributed by atoms with E-state index in [-0.39, 0.29) is 5.91 Å². The second-order valence-electron chi connectivity index (χ2n) is 7.66. The molecule has 1 fully saturated rings. The monoisotopic (exact) mass is 374 g/mol. The number of benzene rings is 1. The highest BCUT2D eigenvalue weighted by Crippen LogP contribution is 2.21. The average Bonchev–Trinajstić information content (AvgIpc) is 2.63. The Morgan fingerprint density at radius 1 is 1.41 bits per heavy atom. The molecule has 0 aromatic heterocycles. The number of amides is 1. The van der Waals surface area contributed by atoms with Gasteiger partial charge in [0.25, 0.3) is 0 Å². The molecular formula is C21H34N4O2. The molecule has 0 spiro atoms. The minimum absolute atomic E-state index is 0.225. The normalized spacial score (nSPS) is 17.9. The lowest BCUT2D eigenvalue weighted by Crippen LogP contribution is -2.46. The minimum atomic E-state index is -0.225. The van der Waals surface area contributed by atoms with E-state index in [2.05, 4.69) is 35.1 Å². The molecule has 1 heterocycles. The fourth-order valence-electron chi connectivity index (χ4n) is 3.41. The fourth-order valence-corrected chi connectivity index (χ4v) is 3.41. The second-order valence-corrected chi connectivity index (χ2v) is 7.66. The van der Waals surface area contributed by atoms with Crippen LogP contribution in [-0.4, -0.2) is 43.5 Å². The van der Waals surface area contributed by atoms with Crippen molar-refractivity contribution in [2.24, 2.45) is 22.6 Å². The first-order valence-corrected chi connectivity index (χ1v) is 9.94. The Labute approximate surface area is 163 Å². The molecular weight excluding hydrogens is 340 g/mol. The van der Waals surface area contributed by atoms with Crippen LogP contribution in [0.2, 0.25) is 0 Å². The van der Waals surface area contributed by atoms with Gasteiger partial charge in [0.15, 0.2) is 5.96 Å². The lowest BCUT2D eigenvalue weighted by atomic mass is 9.95. The molecule has 6 nitrogen and oxygen atoms in total. The summed E-state index contributed by atoms with van der Waals surface area (Å²) in [4.78, 5) is 17.9. The van der Waals surface area contributed by atoms with Gasteiger partial charge in [-0.25, -0.2) is 0 Å². The Morgan fingerprint density at radius 2 is 2.19 bits per heavy atom. The van der Waals surface area contributed by atoms with Gasteiger partial charge in [-0.1, -0.05) is 32.0 Å². The van der Waals surface area contributed by atoms with Gasteiger partial charge in [0, 0.05) is 38.7 Å². The molecule has 1 saturated heterocycles. The Hall–Kier alpha value is -2.24. The van der Waals surface area contributed by atoms with Gasteiger partial charge in [-0.05, 0) is 37.2 Å². The second kappa shape index (κ2) is 10.8. The molecule has 1 aromatic rings. The first kappa shape index (κ1) is 21.1. The molecule has 0 aliphatic carbocycles. The number of piperidine rings is 1. The highest BCUT2D eigenvalue weighted by Gasteiger charge is 2.23. The highest BCUT2D eigenvalue weighted by atomic mass is 16.5. The molecule has 1 aliphatic heterocycles. The predicted octanol–water partition coefficient (Wildman–Crippen LogP) is 2.77. The van der Waals surface area contributed by atoms with E-state index in [1.54, 1.807) is 7.05 Å². The van der Waals surface area contributed by atoms with Crippen molar-refractivity contribution in [2.45, 2.75) is 46.1 Å². The summed E-state index contributed by atoms with van der Waals surface area (Å²) in [7, 11) is 1.80. The van der Waals surface area contributed by atoms with Crippen LogP contribution in [0.4, 0.5) is 0 Å². The number of guanidine groups is 1. The molecule has 0 bridgehead atoms. The molecule has 2 rings (SSSR count). The lowest BCUT2D eigenvalue weighted by molar-refractivity contribution is -0.119. The van der Waals surface area contributed by atoms with E-state index in [9.17, 15) is 4.79 Å². The number of carbonyl (C=O) groups excluding carboxylic acids is 1. The van der Waals surface area contributed by atoms with Gasteiger partial charge >= 0.3 is 0 Å². The largest absolute Gasteiger partial charge is 0.493 e. The number of rotatable bonds is 8. The summed E-state index contributed by atoms with van der Waals surface area (Å²) in [5, 5.41) is 3.45. The van der Waals surface area contributed by atoms with Gasteiger partial charge in [-0.15, -0.1) is 0 Å². The Balaban J connectivity index is 1.93. The molecule has 3 N–H and O–H groups in total. The fraction of sp³-hybridized carbons (Fsp3) is 0.619. The molecule has 1 unspecified atom stereocenters. The SMILES string of the molecule is CN=C(NCc1ccccc1OCCC(C)C)N1CCCC(CC(N)=O)C1. The number of carbonyl (C=O) groups is 1. The molecule has 1 amide bonds. The zero-order valence-electron chi connectivity index (χ0n) is 16.9. The summed E-state index contributed by atoms with van der Waals surface area (Å²) in [5.41, 5.74) is 6.49. The van der Waals surface area contributed by atoms with Crippen molar-refractivity contribution in [3.8, 4) is 5.75 Å². The maximum Gasteiger partial charge on any atom is 0.217 e. The maximum absolute atomic E-state index is 11.2. The first-order chi connectivity index (χ1) is 13.0. The smallest absolute Gasteiger partial charge is 0.217 e. The van der Waals surface area contributed by atoms with Crippen LogP contribution in [0.3, 0.4) is 0 Å². The third kappa shape index (κ3) is 7.12. The topological polar surface area (TPSA) is 80.0 Å². The quantitative estimate of drug-likeness (QED) is 0.542. The number of aliphatic imine (C=N–C) groups is 1. The van der Waals surface area contributed by atoms with Crippen LogP contribution in [0, 0.1) is 11.8 Å². The van der Waals surface area contributed by atoms with Crippen LogP contribution in [0.1, 0.15) is 45.1 Å². The van der Waals surface area contributed by atoms with Crippen molar-refractivity contribution in [2.75, 3.05) is 26.7 Å². The number of nitrogens with zero attached hydrogens (tertiary/aromatic N) is 2. The van der Waals surface area contributed by atoms with Gasteiger partial charge in [0.1, 0.15) is 5.75 Å². The Morgan fingerprint density at radius 3 is 2.89 bits per heavy atom. The van der Waals surface area contributed by atoms with Gasteiger partial charge in [0.2, 0.25) is 5.91 Å². The summed E-state index contributed by atoms with van der Waals surface area (Å²) >= 11 is 0. The van der Waals surface area contributed by atoms with Gasteiger partial charge in [-0.3, -0.25) is 9.79 Å². The molecule has 0 saturated carbocycles. The summed E-state index contributed by atoms with van der Waals surface area (Å²) in [6, 6.07) is 8.13. The zero-order valence-corrected chi connectivity index (χ0v) is 16.9. The van der Waals surface area contributed by atoms with Gasteiger partial charge < -0.3 is 20.7 Å². The van der Waals surface area contributed by atoms with E-state index in [1.807, 2.05) is 18.2 Å². The van der Waals surface area contributed by atoms with Gasteiger partial charge in [-0.2, -0.15) is 0 Å². The van der Waals surface area contributed by atoms with Crippen molar-refractivity contribution in [1.29, 1.82) is 0 Å². The Kier molecular flexibility index (Phi) is 8.43. The van der Waals surface area contributed by atoms with Crippen LogP contribution in [0.15, 0.2) is 29.3 Å². The standard InChI is InChI=1S/C21H34N4O2/c1-16(2)10-12-27-19-9-5-4-8-18(19)14-24-21(23-3)25-11-6-7-17(15-25)13-20(22)26/h4-5,8-9,16-17H,6-7,10-15H2,1-3H3,(H2,22,26)(H,23,24). The van der Waals surface area contributed by atoms with Crippen LogP contribution >= 0.6 is 0 Å². The number of hydrogen-bond donors (Lipinski definition) is 2. The number of primary amides is 1. The summed E-state index contributed by atoms with van der Waals surface area (Å²) in [5.74, 6) is 2.49. The van der Waals surface area contributed by atoms with Crippen molar-refractivity contribution in [3.63, 3.8) is 0 Å². The number of hydrogen-bond acceptors (Lipinski definition) is 3. The van der Waals surface area contributed by atoms with Crippen molar-refractivity contribution in [1.82, 2.24) is 10.2 Å². The minimum Gasteiger partial charge on any atom is -0.493 e.